The lowest BCUT2D eigenvalue weighted by Crippen LogP contribution is -2.21. The summed E-state index contributed by atoms with van der Waals surface area (Å²) >= 11 is 9.35. The van der Waals surface area contributed by atoms with Gasteiger partial charge in [-0.15, -0.1) is 0 Å². The average Bonchev–Trinajstić information content (AvgIpc) is 2.81. The van der Waals surface area contributed by atoms with E-state index in [4.69, 9.17) is 11.6 Å². The van der Waals surface area contributed by atoms with E-state index in [-0.39, 0.29) is 11.9 Å². The molecule has 0 radical (unpaired) electrons. The predicted octanol–water partition coefficient (Wildman–Crippen LogP) is 4.55. The molecule has 1 N–H and O–H groups in total. The molecule has 3 atom stereocenters. The highest BCUT2D eigenvalue weighted by Gasteiger charge is 2.56. The summed E-state index contributed by atoms with van der Waals surface area (Å²) in [6.07, 6.45) is 3.95. The van der Waals surface area contributed by atoms with Crippen molar-refractivity contribution in [2.45, 2.75) is 25.3 Å². The van der Waals surface area contributed by atoms with Crippen LogP contribution in [0.2, 0.25) is 5.02 Å². The molecule has 2 saturated carbocycles. The lowest BCUT2D eigenvalue weighted by atomic mass is 9.96. The Kier molecular flexibility index (Phi) is 3.41. The Morgan fingerprint density at radius 3 is 2.67 bits per heavy atom. The third-order valence-corrected chi connectivity index (χ3v) is 5.74. The van der Waals surface area contributed by atoms with E-state index in [9.17, 15) is 4.39 Å². The highest BCUT2D eigenvalue weighted by atomic mass is 79.9. The van der Waals surface area contributed by atoms with Crippen molar-refractivity contribution in [2.24, 2.45) is 17.8 Å². The van der Waals surface area contributed by atoms with Crippen LogP contribution in [-0.2, 0) is 0 Å². The van der Waals surface area contributed by atoms with Gasteiger partial charge in [0.15, 0.2) is 0 Å². The van der Waals surface area contributed by atoms with Crippen LogP contribution in [0.4, 0.5) is 4.39 Å². The van der Waals surface area contributed by atoms with Crippen LogP contribution in [0.3, 0.4) is 0 Å². The van der Waals surface area contributed by atoms with E-state index in [1.54, 1.807) is 6.07 Å². The van der Waals surface area contributed by atoms with Crippen molar-refractivity contribution in [3.63, 3.8) is 0 Å². The molecule has 0 heterocycles. The molecule has 18 heavy (non-hydrogen) atoms. The van der Waals surface area contributed by atoms with E-state index >= 15 is 0 Å². The summed E-state index contributed by atoms with van der Waals surface area (Å²) in [5, 5.41) is 3.86. The third kappa shape index (κ3) is 2.00. The smallest absolute Gasteiger partial charge is 0.129 e. The van der Waals surface area contributed by atoms with E-state index < -0.39 is 0 Å². The van der Waals surface area contributed by atoms with Gasteiger partial charge in [0, 0.05) is 16.1 Å². The van der Waals surface area contributed by atoms with E-state index in [2.05, 4.69) is 21.2 Å². The molecule has 0 bridgehead atoms. The van der Waals surface area contributed by atoms with Crippen LogP contribution in [0.15, 0.2) is 16.6 Å². The largest absolute Gasteiger partial charge is 0.313 e. The first-order valence-corrected chi connectivity index (χ1v) is 7.62. The molecule has 1 aromatic carbocycles. The van der Waals surface area contributed by atoms with Gasteiger partial charge in [0.25, 0.3) is 0 Å². The summed E-state index contributed by atoms with van der Waals surface area (Å²) < 4.78 is 14.7. The Balaban J connectivity index is 1.90. The average molecular weight is 333 g/mol. The molecule has 1 nitrogen and oxygen atoms in total. The van der Waals surface area contributed by atoms with Crippen LogP contribution >= 0.6 is 27.5 Å². The maximum absolute atomic E-state index is 14.1. The minimum atomic E-state index is -0.171. The Hall–Kier alpha value is -0.120. The molecular formula is C14H16BrClFN. The van der Waals surface area contributed by atoms with Crippen LogP contribution in [0.5, 0.6) is 0 Å². The Morgan fingerprint density at radius 2 is 2.06 bits per heavy atom. The first-order valence-electron chi connectivity index (χ1n) is 6.45. The highest BCUT2D eigenvalue weighted by molar-refractivity contribution is 9.10. The lowest BCUT2D eigenvalue weighted by Gasteiger charge is -2.20. The highest BCUT2D eigenvalue weighted by Crippen LogP contribution is 2.62. The summed E-state index contributed by atoms with van der Waals surface area (Å²) in [6.45, 7) is 0. The van der Waals surface area contributed by atoms with E-state index in [0.717, 1.165) is 11.8 Å². The lowest BCUT2D eigenvalue weighted by molar-refractivity contribution is 0.428. The second-order valence-electron chi connectivity index (χ2n) is 5.39. The van der Waals surface area contributed by atoms with Crippen LogP contribution in [0.25, 0.3) is 0 Å². The molecule has 0 spiro atoms. The molecule has 4 heteroatoms. The Morgan fingerprint density at radius 1 is 1.39 bits per heavy atom. The number of benzene rings is 1. The fraction of sp³-hybridized carbons (Fsp3) is 0.571. The molecule has 2 aliphatic rings. The maximum Gasteiger partial charge on any atom is 0.129 e. The topological polar surface area (TPSA) is 12.0 Å². The van der Waals surface area contributed by atoms with E-state index in [0.29, 0.717) is 21.0 Å². The molecule has 98 valence electrons. The fourth-order valence-corrected chi connectivity index (χ4v) is 4.19. The maximum atomic E-state index is 14.1. The standard InChI is InChI=1S/C14H16BrClFN/c1-18-14(13-7-3-2-4-8(7)13)9-5-11(16)10(15)6-12(9)17/h5-8,13-14,18H,2-4H2,1H3. The molecule has 0 amide bonds. The molecule has 2 aliphatic carbocycles. The minimum Gasteiger partial charge on any atom is -0.313 e. The summed E-state index contributed by atoms with van der Waals surface area (Å²) in [5.74, 6) is 2.01. The van der Waals surface area contributed by atoms with Crippen molar-refractivity contribution in [3.8, 4) is 0 Å². The first kappa shape index (κ1) is 12.9. The second kappa shape index (κ2) is 4.77. The monoisotopic (exact) mass is 331 g/mol. The molecule has 3 rings (SSSR count). The summed E-state index contributed by atoms with van der Waals surface area (Å²) in [4.78, 5) is 0. The summed E-state index contributed by atoms with van der Waals surface area (Å²) in [5.41, 5.74) is 0.713. The van der Waals surface area contributed by atoms with Crippen LogP contribution in [0.1, 0.15) is 30.9 Å². The molecule has 0 aliphatic heterocycles. The summed E-state index contributed by atoms with van der Waals surface area (Å²) in [6, 6.07) is 3.34. The van der Waals surface area contributed by atoms with Gasteiger partial charge in [-0.3, -0.25) is 0 Å². The molecule has 2 fully saturated rings. The molecule has 0 saturated heterocycles. The molecule has 1 aromatic rings. The Bertz CT molecular complexity index is 469. The zero-order valence-corrected chi connectivity index (χ0v) is 12.6. The number of halogens is 3. The number of nitrogens with one attached hydrogen (secondary N) is 1. The van der Waals surface area contributed by atoms with Crippen LogP contribution in [0, 0.1) is 23.6 Å². The Labute approximate surface area is 120 Å². The molecular weight excluding hydrogens is 317 g/mol. The van der Waals surface area contributed by atoms with E-state index in [1.807, 2.05) is 7.05 Å². The normalized spacial score (nSPS) is 31.2. The second-order valence-corrected chi connectivity index (χ2v) is 6.65. The zero-order valence-electron chi connectivity index (χ0n) is 10.2. The van der Waals surface area contributed by atoms with Gasteiger partial charge in [-0.25, -0.2) is 4.39 Å². The fourth-order valence-electron chi connectivity index (χ4n) is 3.70. The van der Waals surface area contributed by atoms with Gasteiger partial charge < -0.3 is 5.32 Å². The van der Waals surface area contributed by atoms with Crippen molar-refractivity contribution in [3.05, 3.63) is 33.0 Å². The first-order chi connectivity index (χ1) is 8.63. The van der Waals surface area contributed by atoms with Gasteiger partial charge in [0.05, 0.1) is 5.02 Å². The number of hydrogen-bond donors (Lipinski definition) is 1. The number of rotatable bonds is 3. The molecule has 3 unspecified atom stereocenters. The van der Waals surface area contributed by atoms with Crippen molar-refractivity contribution in [2.75, 3.05) is 7.05 Å². The SMILES string of the molecule is CNC(c1cc(Cl)c(Br)cc1F)C1C2CCCC21. The van der Waals surface area contributed by atoms with Gasteiger partial charge in [-0.05, 0) is 65.7 Å². The van der Waals surface area contributed by atoms with Crippen molar-refractivity contribution in [1.29, 1.82) is 0 Å². The minimum absolute atomic E-state index is 0.103. The molecule has 0 aromatic heterocycles. The van der Waals surface area contributed by atoms with Crippen molar-refractivity contribution < 1.29 is 4.39 Å². The quantitative estimate of drug-likeness (QED) is 0.801. The predicted molar refractivity (Wildman–Crippen MR) is 75.2 cm³/mol. The van der Waals surface area contributed by atoms with Gasteiger partial charge in [0.2, 0.25) is 0 Å². The number of fused-ring (bicyclic) bond motifs is 1. The van der Waals surface area contributed by atoms with E-state index in [1.165, 1.54) is 25.3 Å². The van der Waals surface area contributed by atoms with Gasteiger partial charge in [-0.2, -0.15) is 0 Å². The van der Waals surface area contributed by atoms with Gasteiger partial charge >= 0.3 is 0 Å². The van der Waals surface area contributed by atoms with Crippen molar-refractivity contribution in [1.82, 2.24) is 5.32 Å². The van der Waals surface area contributed by atoms with Crippen LogP contribution < -0.4 is 5.32 Å². The van der Waals surface area contributed by atoms with Crippen molar-refractivity contribution >= 4 is 27.5 Å². The summed E-state index contributed by atoms with van der Waals surface area (Å²) in [7, 11) is 1.91. The third-order valence-electron chi connectivity index (χ3n) is 4.54. The zero-order chi connectivity index (χ0) is 12.9. The van der Waals surface area contributed by atoms with Gasteiger partial charge in [0.1, 0.15) is 5.82 Å². The number of hydrogen-bond acceptors (Lipinski definition) is 1. The van der Waals surface area contributed by atoms with Gasteiger partial charge in [-0.1, -0.05) is 18.0 Å². The van der Waals surface area contributed by atoms with Crippen LogP contribution in [-0.4, -0.2) is 7.05 Å².